The van der Waals surface area contributed by atoms with Crippen LogP contribution in [0.4, 0.5) is 0 Å². The van der Waals surface area contributed by atoms with Crippen molar-refractivity contribution in [3.05, 3.63) is 60.2 Å². The summed E-state index contributed by atoms with van der Waals surface area (Å²) in [6, 6.07) is 10.1. The van der Waals surface area contributed by atoms with Crippen LogP contribution in [0.15, 0.2) is 48.8 Å². The standard InChI is InChI=1S/C17H20N4O2/c1-18-12-9-17(19-2,15(22)13-7-3-5-10-20-13)16(23)14-8-4-6-11-21-14/h3-8,10-11,18-19H,9,12H2,1-2H3. The van der Waals surface area contributed by atoms with Gasteiger partial charge in [0.2, 0.25) is 11.6 Å². The molecule has 23 heavy (non-hydrogen) atoms. The van der Waals surface area contributed by atoms with Crippen LogP contribution >= 0.6 is 0 Å². The molecule has 2 aromatic rings. The van der Waals surface area contributed by atoms with Gasteiger partial charge in [0, 0.05) is 12.4 Å². The fraction of sp³-hybridized carbons (Fsp3) is 0.294. The fourth-order valence-corrected chi connectivity index (χ4v) is 2.43. The number of pyridine rings is 2. The van der Waals surface area contributed by atoms with Crippen molar-refractivity contribution in [2.45, 2.75) is 12.0 Å². The first-order valence-electron chi connectivity index (χ1n) is 7.41. The molecular weight excluding hydrogens is 292 g/mol. The highest BCUT2D eigenvalue weighted by Crippen LogP contribution is 2.21. The molecule has 6 nitrogen and oxygen atoms in total. The summed E-state index contributed by atoms with van der Waals surface area (Å²) in [5.41, 5.74) is -0.893. The monoisotopic (exact) mass is 312 g/mol. The normalized spacial score (nSPS) is 11.2. The summed E-state index contributed by atoms with van der Waals surface area (Å²) in [5.74, 6) is -0.710. The molecule has 0 atom stereocenters. The van der Waals surface area contributed by atoms with Gasteiger partial charge in [0.1, 0.15) is 11.4 Å². The van der Waals surface area contributed by atoms with E-state index in [0.717, 1.165) is 0 Å². The van der Waals surface area contributed by atoms with Crippen LogP contribution in [0.2, 0.25) is 0 Å². The number of carbonyl (C=O) groups is 2. The van der Waals surface area contributed by atoms with Crippen LogP contribution in [-0.2, 0) is 0 Å². The van der Waals surface area contributed by atoms with E-state index in [1.807, 2.05) is 0 Å². The average molecular weight is 312 g/mol. The average Bonchev–Trinajstić information content (AvgIpc) is 2.63. The lowest BCUT2D eigenvalue weighted by Crippen LogP contribution is -2.58. The van der Waals surface area contributed by atoms with Gasteiger partial charge in [-0.2, -0.15) is 0 Å². The molecule has 0 aliphatic heterocycles. The lowest BCUT2D eigenvalue weighted by Gasteiger charge is -2.30. The molecule has 0 spiro atoms. The molecule has 120 valence electrons. The fourth-order valence-electron chi connectivity index (χ4n) is 2.43. The maximum atomic E-state index is 13.0. The van der Waals surface area contributed by atoms with Crippen molar-refractivity contribution in [2.24, 2.45) is 0 Å². The first kappa shape index (κ1) is 16.9. The van der Waals surface area contributed by atoms with Crippen LogP contribution in [0.25, 0.3) is 0 Å². The van der Waals surface area contributed by atoms with Gasteiger partial charge in [0.15, 0.2) is 5.54 Å². The summed E-state index contributed by atoms with van der Waals surface area (Å²) in [6.45, 7) is 0.498. The summed E-state index contributed by atoms with van der Waals surface area (Å²) >= 11 is 0. The third-order valence-electron chi connectivity index (χ3n) is 3.75. The third-order valence-corrected chi connectivity index (χ3v) is 3.75. The number of carbonyl (C=O) groups excluding carboxylic acids is 2. The first-order chi connectivity index (χ1) is 11.2. The number of hydrogen-bond donors (Lipinski definition) is 2. The second kappa shape index (κ2) is 7.71. The predicted molar refractivity (Wildman–Crippen MR) is 87.5 cm³/mol. The Hall–Kier alpha value is -2.44. The highest BCUT2D eigenvalue weighted by atomic mass is 16.2. The van der Waals surface area contributed by atoms with E-state index >= 15 is 0 Å². The van der Waals surface area contributed by atoms with Crippen LogP contribution < -0.4 is 10.6 Å². The number of nitrogens with one attached hydrogen (secondary N) is 2. The topological polar surface area (TPSA) is 84.0 Å². The van der Waals surface area contributed by atoms with Crippen molar-refractivity contribution in [3.63, 3.8) is 0 Å². The van der Waals surface area contributed by atoms with Gasteiger partial charge in [-0.15, -0.1) is 0 Å². The minimum Gasteiger partial charge on any atom is -0.320 e. The molecule has 0 fully saturated rings. The van der Waals surface area contributed by atoms with E-state index in [9.17, 15) is 9.59 Å². The molecular formula is C17H20N4O2. The molecule has 0 saturated heterocycles. The number of rotatable bonds is 8. The number of likely N-dealkylation sites (N-methyl/N-ethyl adjacent to an activating group) is 1. The van der Waals surface area contributed by atoms with Crippen LogP contribution in [0, 0.1) is 0 Å². The molecule has 0 bridgehead atoms. The van der Waals surface area contributed by atoms with Gasteiger partial charge in [-0.25, -0.2) is 0 Å². The summed E-state index contributed by atoms with van der Waals surface area (Å²) in [5, 5.41) is 5.91. The Balaban J connectivity index is 2.47. The quantitative estimate of drug-likeness (QED) is 0.561. The van der Waals surface area contributed by atoms with E-state index in [2.05, 4.69) is 20.6 Å². The molecule has 2 N–H and O–H groups in total. The highest BCUT2D eigenvalue weighted by molar-refractivity contribution is 6.22. The zero-order chi connectivity index (χ0) is 16.7. The third kappa shape index (κ3) is 3.49. The van der Waals surface area contributed by atoms with Crippen LogP contribution in [0.1, 0.15) is 27.4 Å². The number of ketones is 2. The van der Waals surface area contributed by atoms with Crippen molar-refractivity contribution < 1.29 is 9.59 Å². The molecule has 0 radical (unpaired) electrons. The van der Waals surface area contributed by atoms with Gasteiger partial charge >= 0.3 is 0 Å². The Labute approximate surface area is 135 Å². The van der Waals surface area contributed by atoms with Crippen molar-refractivity contribution in [2.75, 3.05) is 20.6 Å². The minimum absolute atomic E-state index is 0.252. The lowest BCUT2D eigenvalue weighted by atomic mass is 9.82. The molecule has 0 saturated carbocycles. The number of aromatic nitrogens is 2. The van der Waals surface area contributed by atoms with E-state index in [-0.39, 0.29) is 23.0 Å². The molecule has 6 heteroatoms. The molecule has 0 aliphatic rings. The van der Waals surface area contributed by atoms with Crippen molar-refractivity contribution in [1.29, 1.82) is 0 Å². The molecule has 2 heterocycles. The predicted octanol–water partition coefficient (Wildman–Crippen LogP) is 1.11. The van der Waals surface area contributed by atoms with E-state index in [1.54, 1.807) is 50.5 Å². The molecule has 0 aromatic carbocycles. The Bertz CT molecular complexity index is 607. The lowest BCUT2D eigenvalue weighted by molar-refractivity contribution is 0.0716. The highest BCUT2D eigenvalue weighted by Gasteiger charge is 2.45. The Morgan fingerprint density at radius 3 is 1.83 bits per heavy atom. The second-order valence-corrected chi connectivity index (χ2v) is 5.10. The largest absolute Gasteiger partial charge is 0.320 e. The summed E-state index contributed by atoms with van der Waals surface area (Å²) in [6.07, 6.45) is 3.37. The molecule has 2 rings (SSSR count). The van der Waals surface area contributed by atoms with Gasteiger partial charge in [-0.05, 0) is 51.3 Å². The number of hydrogen-bond acceptors (Lipinski definition) is 6. The van der Waals surface area contributed by atoms with Crippen molar-refractivity contribution in [3.8, 4) is 0 Å². The Morgan fingerprint density at radius 2 is 1.48 bits per heavy atom. The van der Waals surface area contributed by atoms with Gasteiger partial charge in [0.25, 0.3) is 0 Å². The Kier molecular flexibility index (Phi) is 5.67. The number of nitrogens with zero attached hydrogens (tertiary/aromatic N) is 2. The SMILES string of the molecule is CNCCC(NC)(C(=O)c1ccccn1)C(=O)c1ccccn1. The molecule has 0 aliphatic carbocycles. The first-order valence-corrected chi connectivity index (χ1v) is 7.41. The van der Waals surface area contributed by atoms with Crippen LogP contribution in [0.3, 0.4) is 0 Å². The molecule has 0 unspecified atom stereocenters. The summed E-state index contributed by atoms with van der Waals surface area (Å²) < 4.78 is 0. The molecule has 2 aromatic heterocycles. The van der Waals surface area contributed by atoms with E-state index in [4.69, 9.17) is 0 Å². The zero-order valence-electron chi connectivity index (χ0n) is 13.2. The smallest absolute Gasteiger partial charge is 0.209 e. The molecule has 0 amide bonds. The Morgan fingerprint density at radius 1 is 0.957 bits per heavy atom. The van der Waals surface area contributed by atoms with Crippen LogP contribution in [0.5, 0.6) is 0 Å². The van der Waals surface area contributed by atoms with Gasteiger partial charge in [0.05, 0.1) is 0 Å². The number of Topliss-reactive ketones (excluding diaryl/α,β-unsaturated/α-hetero) is 2. The van der Waals surface area contributed by atoms with Crippen molar-refractivity contribution >= 4 is 11.6 Å². The van der Waals surface area contributed by atoms with Gasteiger partial charge in [-0.1, -0.05) is 12.1 Å². The van der Waals surface area contributed by atoms with E-state index < -0.39 is 5.54 Å². The maximum absolute atomic E-state index is 13.0. The maximum Gasteiger partial charge on any atom is 0.209 e. The summed E-state index contributed by atoms with van der Waals surface area (Å²) in [7, 11) is 3.38. The summed E-state index contributed by atoms with van der Waals surface area (Å²) in [4.78, 5) is 34.2. The van der Waals surface area contributed by atoms with Crippen LogP contribution in [-0.4, -0.2) is 47.7 Å². The second-order valence-electron chi connectivity index (χ2n) is 5.10. The van der Waals surface area contributed by atoms with E-state index in [0.29, 0.717) is 13.0 Å². The van der Waals surface area contributed by atoms with Crippen molar-refractivity contribution in [1.82, 2.24) is 20.6 Å². The van der Waals surface area contributed by atoms with Gasteiger partial charge < -0.3 is 10.6 Å². The minimum atomic E-state index is -1.40. The zero-order valence-corrected chi connectivity index (χ0v) is 13.2. The van der Waals surface area contributed by atoms with E-state index in [1.165, 1.54) is 12.4 Å². The van der Waals surface area contributed by atoms with Gasteiger partial charge in [-0.3, -0.25) is 19.6 Å².